The van der Waals surface area contributed by atoms with Crippen LogP contribution in [0.3, 0.4) is 0 Å². The van der Waals surface area contributed by atoms with E-state index >= 15 is 0 Å². The van der Waals surface area contributed by atoms with Gasteiger partial charge >= 0.3 is 0 Å². The van der Waals surface area contributed by atoms with Crippen molar-refractivity contribution < 1.29 is 23.9 Å². The quantitative estimate of drug-likeness (QED) is 0.0280. The number of nitrogens with one attached hydrogen (secondary N) is 1. The fourth-order valence-electron chi connectivity index (χ4n) is 7.98. The molecule has 0 aromatic rings. The van der Waals surface area contributed by atoms with Crippen molar-refractivity contribution in [3.8, 4) is 0 Å². The first kappa shape index (κ1) is 53.0. The molecule has 6 heteroatoms. The number of carbonyl (C=O) groups is 2. The molecule has 0 rings (SSSR count). The molecule has 322 valence electrons. The van der Waals surface area contributed by atoms with Crippen LogP contribution in [0, 0.1) is 0 Å². The molecule has 0 saturated heterocycles. The van der Waals surface area contributed by atoms with Gasteiger partial charge in [0.2, 0.25) is 5.91 Å². The lowest BCUT2D eigenvalue weighted by Crippen LogP contribution is -2.54. The van der Waals surface area contributed by atoms with E-state index in [4.69, 9.17) is 4.74 Å². The first-order chi connectivity index (χ1) is 26.4. The number of rotatable bonds is 45. The van der Waals surface area contributed by atoms with Crippen molar-refractivity contribution in [1.82, 2.24) is 5.32 Å². The minimum atomic E-state index is -0.714. The van der Waals surface area contributed by atoms with Gasteiger partial charge < -0.3 is 24.4 Å². The fourth-order valence-corrected chi connectivity index (χ4v) is 7.98. The van der Waals surface area contributed by atoms with Crippen molar-refractivity contribution in [2.75, 3.05) is 33.8 Å². The van der Waals surface area contributed by atoms with Gasteiger partial charge in [0.05, 0.1) is 20.6 Å². The third kappa shape index (κ3) is 39.3. The second-order valence-electron chi connectivity index (χ2n) is 17.6. The van der Waals surface area contributed by atoms with Crippen LogP contribution in [-0.2, 0) is 14.3 Å². The van der Waals surface area contributed by atoms with Gasteiger partial charge in [-0.3, -0.25) is 4.79 Å². The summed E-state index contributed by atoms with van der Waals surface area (Å²) < 4.78 is 6.88. The fraction of sp³-hybridized carbons (Fsp3) is 0.958. The summed E-state index contributed by atoms with van der Waals surface area (Å²) in [4.78, 5) is 23.3. The number of nitrogens with zero attached hydrogens (tertiary/aromatic N) is 1. The minimum Gasteiger partial charge on any atom is -0.382 e. The highest BCUT2D eigenvalue weighted by atomic mass is 16.5. The maximum atomic E-state index is 12.9. The van der Waals surface area contributed by atoms with Gasteiger partial charge in [-0.15, -0.1) is 0 Å². The van der Waals surface area contributed by atoms with Crippen LogP contribution in [0.25, 0.3) is 0 Å². The van der Waals surface area contributed by atoms with Crippen molar-refractivity contribution in [2.24, 2.45) is 0 Å². The van der Waals surface area contributed by atoms with Crippen LogP contribution >= 0.6 is 0 Å². The zero-order chi connectivity index (χ0) is 39.6. The van der Waals surface area contributed by atoms with Gasteiger partial charge in [-0.05, 0) is 25.7 Å². The van der Waals surface area contributed by atoms with Gasteiger partial charge in [-0.1, -0.05) is 213 Å². The molecule has 2 unspecified atom stereocenters. The molecule has 6 nitrogen and oxygen atoms in total. The predicted octanol–water partition coefficient (Wildman–Crippen LogP) is 13.6. The SMILES string of the molecule is CCCCCCCCCCCCCCCCCCCCCC(=O)NC(OCCCCCCCCCCCCCCCCCC=O)C(O)C[N+](C)(C)CCC. The van der Waals surface area contributed by atoms with Crippen molar-refractivity contribution >= 4 is 12.2 Å². The summed E-state index contributed by atoms with van der Waals surface area (Å²) in [5.74, 6) is 0.0120. The van der Waals surface area contributed by atoms with E-state index in [1.165, 1.54) is 186 Å². The highest BCUT2D eigenvalue weighted by Crippen LogP contribution is 2.17. The van der Waals surface area contributed by atoms with E-state index in [-0.39, 0.29) is 5.91 Å². The Kier molecular flexibility index (Phi) is 40.9. The van der Waals surface area contributed by atoms with Crippen molar-refractivity contribution in [3.05, 3.63) is 0 Å². The zero-order valence-corrected chi connectivity index (χ0v) is 37.1. The Hall–Kier alpha value is -0.980. The van der Waals surface area contributed by atoms with Gasteiger partial charge in [-0.25, -0.2) is 0 Å². The second-order valence-corrected chi connectivity index (χ2v) is 17.6. The third-order valence-electron chi connectivity index (χ3n) is 11.4. The Labute approximate surface area is 338 Å². The summed E-state index contributed by atoms with van der Waals surface area (Å²) in [6, 6.07) is 0. The van der Waals surface area contributed by atoms with Crippen LogP contribution in [0.15, 0.2) is 0 Å². The number of aliphatic hydroxyl groups excluding tert-OH is 1. The van der Waals surface area contributed by atoms with Gasteiger partial charge in [0.25, 0.3) is 0 Å². The molecule has 0 aromatic heterocycles. The lowest BCUT2D eigenvalue weighted by atomic mass is 10.0. The Morgan fingerprint density at radius 3 is 1.26 bits per heavy atom. The number of carbonyl (C=O) groups excluding carboxylic acids is 2. The lowest BCUT2D eigenvalue weighted by Gasteiger charge is -2.34. The molecule has 0 aliphatic carbocycles. The van der Waals surface area contributed by atoms with Gasteiger partial charge in [0.1, 0.15) is 18.9 Å². The number of likely N-dealkylation sites (N-methyl/N-ethyl adjacent to an activating group) is 1. The molecular weight excluding hydrogens is 669 g/mol. The Morgan fingerprint density at radius 2 is 0.889 bits per heavy atom. The van der Waals surface area contributed by atoms with Crippen LogP contribution < -0.4 is 5.32 Å². The van der Waals surface area contributed by atoms with Gasteiger partial charge in [0.15, 0.2) is 6.23 Å². The van der Waals surface area contributed by atoms with Crippen molar-refractivity contribution in [2.45, 2.75) is 264 Å². The Bertz CT molecular complexity index is 776. The standard InChI is InChI=1S/C48H96N2O4/c1-5-7-8-9-10-11-12-13-14-15-16-17-20-23-26-29-32-35-38-41-47(53)49-48(46(52)45-50(3,4)42-6-2)54-44-40-37-34-31-28-25-22-19-18-21-24-27-30-33-36-39-43-51/h43,46,48,52H,5-42,44-45H2,1-4H3/p+1. The number of hydrogen-bond donors (Lipinski definition) is 2. The van der Waals surface area contributed by atoms with Gasteiger partial charge in [-0.2, -0.15) is 0 Å². The zero-order valence-electron chi connectivity index (χ0n) is 37.1. The van der Waals surface area contributed by atoms with Crippen LogP contribution in [0.1, 0.15) is 251 Å². The van der Waals surface area contributed by atoms with Crippen molar-refractivity contribution in [1.29, 1.82) is 0 Å². The van der Waals surface area contributed by atoms with Crippen molar-refractivity contribution in [3.63, 3.8) is 0 Å². The Balaban J connectivity index is 3.97. The largest absolute Gasteiger partial charge is 0.382 e. The molecule has 0 fully saturated rings. The molecule has 2 atom stereocenters. The average molecular weight is 766 g/mol. The van der Waals surface area contributed by atoms with Crippen LogP contribution in [0.5, 0.6) is 0 Å². The molecule has 2 N–H and O–H groups in total. The molecule has 0 aliphatic heterocycles. The van der Waals surface area contributed by atoms with E-state index in [1.807, 2.05) is 0 Å². The highest BCUT2D eigenvalue weighted by Gasteiger charge is 2.28. The number of hydrogen-bond acceptors (Lipinski definition) is 4. The number of unbranched alkanes of at least 4 members (excludes halogenated alkanes) is 33. The summed E-state index contributed by atoms with van der Waals surface area (Å²) in [6.45, 7) is 6.60. The number of quaternary nitrogens is 1. The van der Waals surface area contributed by atoms with Gasteiger partial charge in [0, 0.05) is 19.4 Å². The van der Waals surface area contributed by atoms with Crippen LogP contribution in [0.2, 0.25) is 0 Å². The normalized spacial score (nSPS) is 13.0. The number of aliphatic hydroxyl groups is 1. The van der Waals surface area contributed by atoms with Crippen LogP contribution in [-0.4, -0.2) is 67.9 Å². The van der Waals surface area contributed by atoms with E-state index in [0.717, 1.165) is 62.3 Å². The molecule has 0 spiro atoms. The number of ether oxygens (including phenoxy) is 1. The molecule has 0 saturated carbocycles. The molecule has 0 radical (unpaired) electrons. The first-order valence-corrected chi connectivity index (χ1v) is 24.2. The maximum Gasteiger partial charge on any atom is 0.222 e. The predicted molar refractivity (Wildman–Crippen MR) is 234 cm³/mol. The van der Waals surface area contributed by atoms with E-state index in [1.54, 1.807) is 0 Å². The van der Waals surface area contributed by atoms with Crippen LogP contribution in [0.4, 0.5) is 0 Å². The molecule has 0 bridgehead atoms. The number of aldehydes is 1. The molecular formula is C48H97N2O4+. The smallest absolute Gasteiger partial charge is 0.222 e. The lowest BCUT2D eigenvalue weighted by molar-refractivity contribution is -0.893. The topological polar surface area (TPSA) is 75.6 Å². The second kappa shape index (κ2) is 41.6. The Morgan fingerprint density at radius 1 is 0.537 bits per heavy atom. The van der Waals surface area contributed by atoms with E-state index in [9.17, 15) is 14.7 Å². The van der Waals surface area contributed by atoms with E-state index < -0.39 is 12.3 Å². The summed E-state index contributed by atoms with van der Waals surface area (Å²) in [6.07, 6.45) is 46.6. The monoisotopic (exact) mass is 766 g/mol. The highest BCUT2D eigenvalue weighted by molar-refractivity contribution is 5.76. The summed E-state index contributed by atoms with van der Waals surface area (Å²) in [5, 5.41) is 14.2. The minimum absolute atomic E-state index is 0.0120. The molecule has 0 heterocycles. The summed E-state index contributed by atoms with van der Waals surface area (Å²) in [5.41, 5.74) is 0. The third-order valence-corrected chi connectivity index (χ3v) is 11.4. The molecule has 0 aliphatic rings. The molecule has 1 amide bonds. The maximum absolute atomic E-state index is 12.9. The van der Waals surface area contributed by atoms with E-state index in [0.29, 0.717) is 19.6 Å². The molecule has 0 aromatic carbocycles. The summed E-state index contributed by atoms with van der Waals surface area (Å²) >= 11 is 0. The molecule has 54 heavy (non-hydrogen) atoms. The summed E-state index contributed by atoms with van der Waals surface area (Å²) in [7, 11) is 4.29. The number of amides is 1. The van der Waals surface area contributed by atoms with E-state index in [2.05, 4.69) is 33.3 Å². The average Bonchev–Trinajstić information content (AvgIpc) is 3.14. The first-order valence-electron chi connectivity index (χ1n) is 24.2.